The smallest absolute Gasteiger partial charge is 0.150 e. The summed E-state index contributed by atoms with van der Waals surface area (Å²) in [7, 11) is 0. The number of fused-ring (bicyclic) bond motifs is 1. The van der Waals surface area contributed by atoms with Crippen LogP contribution in [0.15, 0.2) is 60.7 Å². The number of ether oxygens (including phenoxy) is 2. The quantitative estimate of drug-likeness (QED) is 0.353. The number of likely N-dealkylation sites (tertiary alicyclic amines) is 1. The summed E-state index contributed by atoms with van der Waals surface area (Å²) < 4.78 is 25.5. The van der Waals surface area contributed by atoms with Crippen molar-refractivity contribution in [1.82, 2.24) is 4.90 Å². The van der Waals surface area contributed by atoms with E-state index in [9.17, 15) is 14.6 Å². The first-order valence-electron chi connectivity index (χ1n) is 12.6. The van der Waals surface area contributed by atoms with Crippen LogP contribution in [0.4, 0.5) is 4.39 Å². The molecule has 3 unspecified atom stereocenters. The van der Waals surface area contributed by atoms with Gasteiger partial charge in [-0.3, -0.25) is 9.29 Å². The number of allylic oxidation sites excluding steroid dienone is 1. The van der Waals surface area contributed by atoms with Gasteiger partial charge in [-0.05, 0) is 92.0 Å². The van der Waals surface area contributed by atoms with E-state index in [4.69, 9.17) is 21.1 Å². The number of aromatic hydroxyl groups is 2. The molecule has 3 aromatic rings. The first kappa shape index (κ1) is 25.4. The van der Waals surface area contributed by atoms with Crippen molar-refractivity contribution in [3.05, 3.63) is 82.4 Å². The molecule has 0 bridgehead atoms. The van der Waals surface area contributed by atoms with Gasteiger partial charge in [-0.15, -0.1) is 0 Å². The summed E-state index contributed by atoms with van der Waals surface area (Å²) in [6.45, 7) is 6.05. The van der Waals surface area contributed by atoms with Gasteiger partial charge in [-0.2, -0.15) is 0 Å². The number of phenolic OH excluding ortho intramolecular Hbond substituents is 2. The zero-order valence-electron chi connectivity index (χ0n) is 21.0. The van der Waals surface area contributed by atoms with Crippen LogP contribution in [0.1, 0.15) is 43.1 Å². The molecule has 37 heavy (non-hydrogen) atoms. The van der Waals surface area contributed by atoms with Gasteiger partial charge >= 0.3 is 0 Å². The van der Waals surface area contributed by atoms with Crippen LogP contribution in [-0.4, -0.2) is 47.5 Å². The van der Waals surface area contributed by atoms with Crippen LogP contribution in [0.5, 0.6) is 23.0 Å². The van der Waals surface area contributed by atoms with Crippen LogP contribution in [-0.2, 0) is 0 Å². The van der Waals surface area contributed by atoms with Gasteiger partial charge in [-0.25, -0.2) is 0 Å². The second kappa shape index (κ2) is 10.6. The van der Waals surface area contributed by atoms with Crippen molar-refractivity contribution in [1.29, 1.82) is 0 Å². The van der Waals surface area contributed by atoms with E-state index in [2.05, 4.69) is 11.8 Å². The summed E-state index contributed by atoms with van der Waals surface area (Å²) in [5.41, 5.74) is 4.23. The molecule has 194 valence electrons. The molecule has 0 aromatic heterocycles. The standard InChI is InChI=1S/C30H31ClFNO4/c1-18(33-10-9-20(15-32)16-33)17-36-26-6-3-21(4-7-26)30-29(22-11-23(31)13-25(35)12-22)19(2)27-14-24(34)5-8-28(27)37-30/h3-8,11-14,18,20,30,34-35H,9-10,15-17H2,1-2H3. The highest BCUT2D eigenvalue weighted by Crippen LogP contribution is 2.48. The van der Waals surface area contributed by atoms with Crippen LogP contribution >= 0.6 is 11.6 Å². The Morgan fingerprint density at radius 1 is 1.08 bits per heavy atom. The second-order valence-corrected chi connectivity index (χ2v) is 10.4. The Morgan fingerprint density at radius 2 is 1.86 bits per heavy atom. The van der Waals surface area contributed by atoms with Gasteiger partial charge in [0.25, 0.3) is 0 Å². The molecule has 1 saturated heterocycles. The molecule has 3 aromatic carbocycles. The zero-order chi connectivity index (χ0) is 26.1. The van der Waals surface area contributed by atoms with Crippen LogP contribution in [0.3, 0.4) is 0 Å². The van der Waals surface area contributed by atoms with Gasteiger partial charge in [-0.1, -0.05) is 23.7 Å². The van der Waals surface area contributed by atoms with Gasteiger partial charge in [0.1, 0.15) is 35.7 Å². The average Bonchev–Trinajstić information content (AvgIpc) is 3.37. The van der Waals surface area contributed by atoms with Crippen molar-refractivity contribution in [3.8, 4) is 23.0 Å². The number of hydrogen-bond acceptors (Lipinski definition) is 5. The molecule has 0 spiro atoms. The van der Waals surface area contributed by atoms with E-state index in [1.165, 1.54) is 6.07 Å². The Labute approximate surface area is 221 Å². The van der Waals surface area contributed by atoms with E-state index in [-0.39, 0.29) is 30.1 Å². The van der Waals surface area contributed by atoms with Crippen molar-refractivity contribution in [2.24, 2.45) is 5.92 Å². The number of hydrogen-bond donors (Lipinski definition) is 2. The molecule has 0 aliphatic carbocycles. The number of rotatable bonds is 7. The maximum Gasteiger partial charge on any atom is 0.150 e. The Morgan fingerprint density at radius 3 is 2.57 bits per heavy atom. The summed E-state index contributed by atoms with van der Waals surface area (Å²) in [5.74, 6) is 1.77. The fraction of sp³-hybridized carbons (Fsp3) is 0.333. The Hall–Kier alpha value is -3.22. The lowest BCUT2D eigenvalue weighted by atomic mass is 9.86. The van der Waals surface area contributed by atoms with E-state index in [1.807, 2.05) is 31.2 Å². The molecular weight excluding hydrogens is 493 g/mol. The zero-order valence-corrected chi connectivity index (χ0v) is 21.7. The van der Waals surface area contributed by atoms with Crippen LogP contribution in [0.25, 0.3) is 11.1 Å². The summed E-state index contributed by atoms with van der Waals surface area (Å²) in [5, 5.41) is 20.7. The molecule has 1 fully saturated rings. The Balaban J connectivity index is 1.40. The molecule has 2 aliphatic rings. The fourth-order valence-corrected chi connectivity index (χ4v) is 5.45. The molecule has 0 saturated carbocycles. The van der Waals surface area contributed by atoms with Crippen LogP contribution in [0, 0.1) is 5.92 Å². The molecule has 0 radical (unpaired) electrons. The SMILES string of the molecule is CC1=C(c2cc(O)cc(Cl)c2)C(c2ccc(OCC(C)N3CCC(CF)C3)cc2)Oc2ccc(O)cc21. The van der Waals surface area contributed by atoms with Crippen molar-refractivity contribution in [3.63, 3.8) is 0 Å². The molecule has 5 rings (SSSR count). The molecule has 0 amide bonds. The molecule has 2 N–H and O–H groups in total. The highest BCUT2D eigenvalue weighted by Gasteiger charge is 2.30. The molecule has 5 nitrogen and oxygen atoms in total. The predicted molar refractivity (Wildman–Crippen MR) is 144 cm³/mol. The number of halogens is 2. The van der Waals surface area contributed by atoms with E-state index in [0.29, 0.717) is 17.4 Å². The molecule has 2 heterocycles. The highest BCUT2D eigenvalue weighted by atomic mass is 35.5. The Bertz CT molecular complexity index is 1290. The lowest BCUT2D eigenvalue weighted by molar-refractivity contribution is 0.165. The Kier molecular flexibility index (Phi) is 7.31. The largest absolute Gasteiger partial charge is 0.508 e. The van der Waals surface area contributed by atoms with Gasteiger partial charge in [0.2, 0.25) is 0 Å². The lowest BCUT2D eigenvalue weighted by Gasteiger charge is -2.31. The third kappa shape index (κ3) is 5.41. The summed E-state index contributed by atoms with van der Waals surface area (Å²) in [6, 6.07) is 18.0. The minimum absolute atomic E-state index is 0.0666. The summed E-state index contributed by atoms with van der Waals surface area (Å²) in [6.07, 6.45) is 0.449. The maximum atomic E-state index is 13.0. The number of alkyl halides is 1. The van der Waals surface area contributed by atoms with Gasteiger partial charge < -0.3 is 19.7 Å². The number of benzene rings is 3. The van der Waals surface area contributed by atoms with Crippen molar-refractivity contribution in [2.75, 3.05) is 26.4 Å². The van der Waals surface area contributed by atoms with Crippen molar-refractivity contribution in [2.45, 2.75) is 32.4 Å². The average molecular weight is 524 g/mol. The first-order chi connectivity index (χ1) is 17.8. The third-order valence-corrected chi connectivity index (χ3v) is 7.52. The summed E-state index contributed by atoms with van der Waals surface area (Å²) in [4.78, 5) is 2.28. The van der Waals surface area contributed by atoms with Gasteiger partial charge in [0, 0.05) is 34.7 Å². The van der Waals surface area contributed by atoms with E-state index >= 15 is 0 Å². The normalized spacial score (nSPS) is 20.4. The molecule has 3 atom stereocenters. The number of phenols is 2. The second-order valence-electron chi connectivity index (χ2n) is 9.95. The monoisotopic (exact) mass is 523 g/mol. The fourth-order valence-electron chi connectivity index (χ4n) is 5.22. The van der Waals surface area contributed by atoms with Crippen molar-refractivity contribution >= 4 is 22.7 Å². The minimum atomic E-state index is -0.454. The first-order valence-corrected chi connectivity index (χ1v) is 12.9. The molecule has 2 aliphatic heterocycles. The molecular formula is C30H31ClFNO4. The van der Waals surface area contributed by atoms with E-state index in [1.54, 1.807) is 30.3 Å². The van der Waals surface area contributed by atoms with E-state index in [0.717, 1.165) is 53.1 Å². The molecule has 7 heteroatoms. The van der Waals surface area contributed by atoms with E-state index < -0.39 is 6.10 Å². The topological polar surface area (TPSA) is 62.2 Å². The van der Waals surface area contributed by atoms with Crippen LogP contribution in [0.2, 0.25) is 5.02 Å². The van der Waals surface area contributed by atoms with Gasteiger partial charge in [0.15, 0.2) is 0 Å². The van der Waals surface area contributed by atoms with Gasteiger partial charge in [0.05, 0.1) is 6.67 Å². The predicted octanol–water partition coefficient (Wildman–Crippen LogP) is 6.87. The van der Waals surface area contributed by atoms with Crippen LogP contribution < -0.4 is 9.47 Å². The third-order valence-electron chi connectivity index (χ3n) is 7.30. The summed E-state index contributed by atoms with van der Waals surface area (Å²) >= 11 is 6.28. The maximum absolute atomic E-state index is 13.0. The number of nitrogens with zero attached hydrogens (tertiary/aromatic N) is 1. The highest BCUT2D eigenvalue weighted by molar-refractivity contribution is 6.31. The lowest BCUT2D eigenvalue weighted by Crippen LogP contribution is -2.35. The van der Waals surface area contributed by atoms with Crippen molar-refractivity contribution < 1.29 is 24.1 Å². The minimum Gasteiger partial charge on any atom is -0.508 e.